The van der Waals surface area contributed by atoms with Crippen LogP contribution in [-0.2, 0) is 11.2 Å². The Morgan fingerprint density at radius 3 is 2.80 bits per heavy atom. The molecule has 5 heteroatoms. The first kappa shape index (κ1) is 17.8. The number of anilines is 1. The number of amides is 1. The van der Waals surface area contributed by atoms with Crippen LogP contribution in [0.2, 0.25) is 0 Å². The lowest BCUT2D eigenvalue weighted by molar-refractivity contribution is -0.125. The highest BCUT2D eigenvalue weighted by Crippen LogP contribution is 2.27. The Labute approximate surface area is 150 Å². The van der Waals surface area contributed by atoms with Crippen molar-refractivity contribution in [3.05, 3.63) is 29.8 Å². The Bertz CT molecular complexity index is 607. The molecule has 2 aliphatic rings. The Kier molecular flexibility index (Phi) is 6.31. The predicted molar refractivity (Wildman–Crippen MR) is 103 cm³/mol. The molecule has 1 aliphatic carbocycles. The molecule has 5 nitrogen and oxygen atoms in total. The summed E-state index contributed by atoms with van der Waals surface area (Å²) in [7, 11) is 0. The second-order valence-electron chi connectivity index (χ2n) is 6.89. The fourth-order valence-corrected chi connectivity index (χ4v) is 3.80. The topological polar surface area (TPSA) is 56.7 Å². The van der Waals surface area contributed by atoms with Crippen molar-refractivity contribution >= 4 is 17.6 Å². The summed E-state index contributed by atoms with van der Waals surface area (Å²) in [5, 5.41) is 6.45. The van der Waals surface area contributed by atoms with Gasteiger partial charge >= 0.3 is 0 Å². The molecule has 0 atom stereocenters. The number of carbonyl (C=O) groups is 1. The zero-order valence-electron chi connectivity index (χ0n) is 15.3. The van der Waals surface area contributed by atoms with Crippen molar-refractivity contribution in [3.8, 4) is 0 Å². The van der Waals surface area contributed by atoms with Gasteiger partial charge in [0.15, 0.2) is 5.96 Å². The zero-order chi connectivity index (χ0) is 17.5. The van der Waals surface area contributed by atoms with Crippen molar-refractivity contribution in [3.63, 3.8) is 0 Å². The molecule has 1 aromatic rings. The lowest BCUT2D eigenvalue weighted by Crippen LogP contribution is -2.41. The number of benzene rings is 1. The van der Waals surface area contributed by atoms with Crippen LogP contribution in [0.4, 0.5) is 5.69 Å². The molecule has 0 aromatic heterocycles. The maximum absolute atomic E-state index is 12.2. The minimum Gasteiger partial charge on any atom is -0.356 e. The fraction of sp³-hybridized carbons (Fsp3) is 0.600. The summed E-state index contributed by atoms with van der Waals surface area (Å²) in [5.74, 6) is 1.35. The molecule has 0 bridgehead atoms. The molecule has 136 valence electrons. The van der Waals surface area contributed by atoms with Crippen LogP contribution in [0.15, 0.2) is 29.3 Å². The van der Waals surface area contributed by atoms with Crippen LogP contribution in [-0.4, -0.2) is 38.0 Å². The zero-order valence-corrected chi connectivity index (χ0v) is 15.3. The molecular formula is C20H30N4O. The number of carbonyl (C=O) groups excluding carboxylic acids is 1. The van der Waals surface area contributed by atoms with Crippen LogP contribution in [0.3, 0.4) is 0 Å². The Morgan fingerprint density at radius 2 is 2.00 bits per heavy atom. The molecule has 1 aromatic carbocycles. The number of fused-ring (bicyclic) bond motifs is 1. The first-order chi connectivity index (χ1) is 12.3. The van der Waals surface area contributed by atoms with Crippen LogP contribution in [0, 0.1) is 5.92 Å². The molecule has 3 rings (SSSR count). The number of hydrogen-bond donors (Lipinski definition) is 2. The quantitative estimate of drug-likeness (QED) is 0.491. The number of para-hydroxylation sites is 1. The van der Waals surface area contributed by atoms with E-state index in [1.165, 1.54) is 30.5 Å². The number of hydrogen-bond acceptors (Lipinski definition) is 2. The minimum atomic E-state index is 0.214. The highest BCUT2D eigenvalue weighted by molar-refractivity contribution is 5.98. The van der Waals surface area contributed by atoms with Crippen molar-refractivity contribution < 1.29 is 4.79 Å². The van der Waals surface area contributed by atoms with Gasteiger partial charge in [0, 0.05) is 31.2 Å². The van der Waals surface area contributed by atoms with Crippen molar-refractivity contribution in [1.29, 1.82) is 0 Å². The average molecular weight is 342 g/mol. The smallest absolute Gasteiger partial charge is 0.223 e. The standard InChI is InChI=1S/C20H30N4O/c1-2-21-20(24-15-12-16-8-6-7-11-18(16)24)23-14-13-22-19(25)17-9-4-3-5-10-17/h6-8,11,17H,2-5,9-10,12-15H2,1H3,(H,21,23)(H,22,25). The molecule has 1 heterocycles. The molecule has 0 saturated heterocycles. The van der Waals surface area contributed by atoms with E-state index in [0.717, 1.165) is 38.3 Å². The van der Waals surface area contributed by atoms with Gasteiger partial charge in [-0.05, 0) is 37.8 Å². The first-order valence-electron chi connectivity index (χ1n) is 9.71. The molecule has 1 amide bonds. The Hall–Kier alpha value is -2.04. The molecule has 0 spiro atoms. The number of nitrogens with zero attached hydrogens (tertiary/aromatic N) is 2. The second-order valence-corrected chi connectivity index (χ2v) is 6.89. The largest absolute Gasteiger partial charge is 0.356 e. The van der Waals surface area contributed by atoms with Gasteiger partial charge in [0.05, 0.1) is 6.54 Å². The van der Waals surface area contributed by atoms with Crippen LogP contribution in [0.5, 0.6) is 0 Å². The van der Waals surface area contributed by atoms with E-state index in [1.807, 2.05) is 0 Å². The van der Waals surface area contributed by atoms with Gasteiger partial charge in [-0.3, -0.25) is 9.79 Å². The Morgan fingerprint density at radius 1 is 1.20 bits per heavy atom. The van der Waals surface area contributed by atoms with Gasteiger partial charge in [0.1, 0.15) is 0 Å². The third kappa shape index (κ3) is 4.53. The van der Waals surface area contributed by atoms with Gasteiger partial charge in [0.25, 0.3) is 0 Å². The van der Waals surface area contributed by atoms with Crippen molar-refractivity contribution in [2.24, 2.45) is 10.9 Å². The van der Waals surface area contributed by atoms with Gasteiger partial charge in [-0.25, -0.2) is 0 Å². The minimum absolute atomic E-state index is 0.214. The van der Waals surface area contributed by atoms with E-state index in [4.69, 9.17) is 4.99 Å². The van der Waals surface area contributed by atoms with Gasteiger partial charge < -0.3 is 15.5 Å². The summed E-state index contributed by atoms with van der Waals surface area (Å²) in [4.78, 5) is 19.2. The molecule has 0 radical (unpaired) electrons. The molecule has 1 aliphatic heterocycles. The molecule has 1 saturated carbocycles. The van der Waals surface area contributed by atoms with E-state index in [2.05, 4.69) is 46.7 Å². The number of aliphatic imine (C=N–C) groups is 1. The normalized spacial score (nSPS) is 18.1. The van der Waals surface area contributed by atoms with Crippen molar-refractivity contribution in [2.45, 2.75) is 45.4 Å². The fourth-order valence-electron chi connectivity index (χ4n) is 3.80. The lowest BCUT2D eigenvalue weighted by atomic mass is 9.89. The summed E-state index contributed by atoms with van der Waals surface area (Å²) < 4.78 is 0. The monoisotopic (exact) mass is 342 g/mol. The molecule has 25 heavy (non-hydrogen) atoms. The van der Waals surface area contributed by atoms with Crippen molar-refractivity contribution in [1.82, 2.24) is 10.6 Å². The molecule has 0 unspecified atom stereocenters. The van der Waals surface area contributed by atoms with E-state index in [0.29, 0.717) is 13.1 Å². The maximum Gasteiger partial charge on any atom is 0.223 e. The van der Waals surface area contributed by atoms with Crippen LogP contribution in [0.1, 0.15) is 44.6 Å². The maximum atomic E-state index is 12.2. The van der Waals surface area contributed by atoms with Crippen LogP contribution >= 0.6 is 0 Å². The first-order valence-corrected chi connectivity index (χ1v) is 9.71. The Balaban J connectivity index is 1.53. The molecule has 1 fully saturated rings. The summed E-state index contributed by atoms with van der Waals surface area (Å²) in [5.41, 5.74) is 2.62. The summed E-state index contributed by atoms with van der Waals surface area (Å²) in [6.07, 6.45) is 6.80. The molecular weight excluding hydrogens is 312 g/mol. The predicted octanol–water partition coefficient (Wildman–Crippen LogP) is 2.71. The van der Waals surface area contributed by atoms with E-state index in [1.54, 1.807) is 0 Å². The summed E-state index contributed by atoms with van der Waals surface area (Å²) in [6, 6.07) is 8.50. The summed E-state index contributed by atoms with van der Waals surface area (Å²) >= 11 is 0. The average Bonchev–Trinajstić information content (AvgIpc) is 3.09. The van der Waals surface area contributed by atoms with Crippen LogP contribution < -0.4 is 15.5 Å². The number of guanidine groups is 1. The van der Waals surface area contributed by atoms with Gasteiger partial charge in [-0.15, -0.1) is 0 Å². The third-order valence-electron chi connectivity index (χ3n) is 5.13. The molecule has 2 N–H and O–H groups in total. The van der Waals surface area contributed by atoms with Gasteiger partial charge in [-0.2, -0.15) is 0 Å². The SMILES string of the molecule is CCNC(=NCCNC(=O)C1CCCCC1)N1CCc2ccccc21. The highest BCUT2D eigenvalue weighted by atomic mass is 16.1. The lowest BCUT2D eigenvalue weighted by Gasteiger charge is -2.23. The van der Waals surface area contributed by atoms with E-state index in [9.17, 15) is 4.79 Å². The van der Waals surface area contributed by atoms with E-state index < -0.39 is 0 Å². The second kappa shape index (κ2) is 8.88. The van der Waals surface area contributed by atoms with Gasteiger partial charge in [0.2, 0.25) is 5.91 Å². The number of nitrogens with one attached hydrogen (secondary N) is 2. The van der Waals surface area contributed by atoms with Crippen molar-refractivity contribution in [2.75, 3.05) is 31.1 Å². The van der Waals surface area contributed by atoms with E-state index >= 15 is 0 Å². The highest BCUT2D eigenvalue weighted by Gasteiger charge is 2.23. The summed E-state index contributed by atoms with van der Waals surface area (Å²) in [6.45, 7) is 5.10. The van der Waals surface area contributed by atoms with E-state index in [-0.39, 0.29) is 11.8 Å². The van der Waals surface area contributed by atoms with Crippen LogP contribution in [0.25, 0.3) is 0 Å². The van der Waals surface area contributed by atoms with Gasteiger partial charge in [-0.1, -0.05) is 37.5 Å². The number of rotatable bonds is 5. The third-order valence-corrected chi connectivity index (χ3v) is 5.13.